The molecule has 2 nitrogen and oxygen atoms in total. The van der Waals surface area contributed by atoms with Crippen molar-refractivity contribution in [3.05, 3.63) is 11.0 Å². The molecule has 0 aromatic heterocycles. The van der Waals surface area contributed by atoms with E-state index in [0.29, 0.717) is 17.8 Å². The van der Waals surface area contributed by atoms with Gasteiger partial charge in [0.05, 0.1) is 11.5 Å². The van der Waals surface area contributed by atoms with E-state index in [1.165, 1.54) is 6.92 Å². The standard InChI is InChI=1S/C8H11F3O2S/c1-3-13-7(12)5-6(14-4-2)8(9,10)11/h5H,3-4H2,1-2H3/b6-5+. The quantitative estimate of drug-likeness (QED) is 0.546. The normalized spacial score (nSPS) is 12.8. The molecule has 0 fully saturated rings. The second-order valence-electron chi connectivity index (χ2n) is 2.19. The van der Waals surface area contributed by atoms with Gasteiger partial charge >= 0.3 is 12.1 Å². The van der Waals surface area contributed by atoms with Crippen LogP contribution in [0.4, 0.5) is 13.2 Å². The summed E-state index contributed by atoms with van der Waals surface area (Å²) in [6.45, 7) is 3.18. The fourth-order valence-electron chi connectivity index (χ4n) is 0.652. The smallest absolute Gasteiger partial charge is 0.422 e. The highest BCUT2D eigenvalue weighted by atomic mass is 32.2. The highest BCUT2D eigenvalue weighted by Gasteiger charge is 2.34. The zero-order valence-electron chi connectivity index (χ0n) is 7.85. The Hall–Kier alpha value is -0.650. The van der Waals surface area contributed by atoms with Crippen molar-refractivity contribution < 1.29 is 22.7 Å². The molecule has 0 amide bonds. The minimum atomic E-state index is -4.48. The van der Waals surface area contributed by atoms with Gasteiger partial charge in [-0.2, -0.15) is 13.2 Å². The zero-order chi connectivity index (χ0) is 11.2. The van der Waals surface area contributed by atoms with Gasteiger partial charge in [-0.3, -0.25) is 0 Å². The van der Waals surface area contributed by atoms with Gasteiger partial charge in [-0.25, -0.2) is 4.79 Å². The molecule has 0 aromatic rings. The number of carbonyl (C=O) groups is 1. The maximum atomic E-state index is 12.2. The molecule has 0 atom stereocenters. The van der Waals surface area contributed by atoms with Crippen LogP contribution >= 0.6 is 11.8 Å². The third-order valence-electron chi connectivity index (χ3n) is 1.11. The lowest BCUT2D eigenvalue weighted by molar-refractivity contribution is -0.138. The minimum absolute atomic E-state index is 0.0667. The van der Waals surface area contributed by atoms with Gasteiger partial charge in [0.2, 0.25) is 0 Å². The summed E-state index contributed by atoms with van der Waals surface area (Å²) in [5, 5.41) is 0. The van der Waals surface area contributed by atoms with Gasteiger partial charge in [-0.05, 0) is 12.7 Å². The lowest BCUT2D eigenvalue weighted by Gasteiger charge is -2.09. The van der Waals surface area contributed by atoms with Crippen LogP contribution in [0, 0.1) is 0 Å². The van der Waals surface area contributed by atoms with E-state index in [0.717, 1.165) is 0 Å². The first kappa shape index (κ1) is 13.4. The van der Waals surface area contributed by atoms with Crippen LogP contribution in [0.3, 0.4) is 0 Å². The first-order chi connectivity index (χ1) is 6.41. The molecule has 0 saturated carbocycles. The number of ether oxygens (including phenoxy) is 1. The Kier molecular flexibility index (Phi) is 5.68. The van der Waals surface area contributed by atoms with E-state index in [2.05, 4.69) is 4.74 Å². The monoisotopic (exact) mass is 228 g/mol. The molecule has 0 aromatic carbocycles. The second-order valence-corrected chi connectivity index (χ2v) is 3.50. The molecule has 0 N–H and O–H groups in total. The minimum Gasteiger partial charge on any atom is -0.463 e. The van der Waals surface area contributed by atoms with Crippen LogP contribution in [0.2, 0.25) is 0 Å². The van der Waals surface area contributed by atoms with E-state index in [-0.39, 0.29) is 12.4 Å². The molecule has 0 spiro atoms. The van der Waals surface area contributed by atoms with Crippen molar-refractivity contribution in [1.82, 2.24) is 0 Å². The molecule has 0 heterocycles. The van der Waals surface area contributed by atoms with E-state index < -0.39 is 17.1 Å². The van der Waals surface area contributed by atoms with Crippen LogP contribution < -0.4 is 0 Å². The Morgan fingerprint density at radius 2 is 2.00 bits per heavy atom. The van der Waals surface area contributed by atoms with Gasteiger partial charge in [0.15, 0.2) is 0 Å². The van der Waals surface area contributed by atoms with Crippen molar-refractivity contribution in [2.24, 2.45) is 0 Å². The molecule has 0 bridgehead atoms. The number of thioether (sulfide) groups is 1. The first-order valence-corrected chi connectivity index (χ1v) is 4.98. The lowest BCUT2D eigenvalue weighted by atomic mass is 10.5. The van der Waals surface area contributed by atoms with Crippen LogP contribution in [-0.4, -0.2) is 24.5 Å². The predicted molar refractivity (Wildman–Crippen MR) is 48.9 cm³/mol. The van der Waals surface area contributed by atoms with Crippen molar-refractivity contribution in [2.75, 3.05) is 12.4 Å². The third kappa shape index (κ3) is 5.16. The van der Waals surface area contributed by atoms with Gasteiger partial charge in [-0.1, -0.05) is 6.92 Å². The van der Waals surface area contributed by atoms with Crippen LogP contribution in [0.15, 0.2) is 11.0 Å². The average molecular weight is 228 g/mol. The maximum absolute atomic E-state index is 12.2. The van der Waals surface area contributed by atoms with Crippen LogP contribution in [0.25, 0.3) is 0 Å². The Bertz CT molecular complexity index is 223. The molecule has 82 valence electrons. The molecule has 0 aliphatic rings. The number of esters is 1. The lowest BCUT2D eigenvalue weighted by Crippen LogP contribution is -2.12. The van der Waals surface area contributed by atoms with E-state index >= 15 is 0 Å². The van der Waals surface area contributed by atoms with Crippen molar-refractivity contribution in [3.8, 4) is 0 Å². The first-order valence-electron chi connectivity index (χ1n) is 4.00. The zero-order valence-corrected chi connectivity index (χ0v) is 8.67. The fraction of sp³-hybridized carbons (Fsp3) is 0.625. The van der Waals surface area contributed by atoms with E-state index in [1.54, 1.807) is 6.92 Å². The summed E-state index contributed by atoms with van der Waals surface area (Å²) in [6, 6.07) is 0. The van der Waals surface area contributed by atoms with Gasteiger partial charge in [0, 0.05) is 6.08 Å². The molecule has 6 heteroatoms. The summed E-state index contributed by atoms with van der Waals surface area (Å²) >= 11 is 0.573. The number of hydrogen-bond donors (Lipinski definition) is 0. The maximum Gasteiger partial charge on any atom is 0.422 e. The Labute approximate surface area is 84.5 Å². The number of allylic oxidation sites excluding steroid dienone is 1. The second kappa shape index (κ2) is 5.95. The number of rotatable bonds is 4. The average Bonchev–Trinajstić information content (AvgIpc) is 2.02. The topological polar surface area (TPSA) is 26.3 Å². The summed E-state index contributed by atoms with van der Waals surface area (Å²) in [7, 11) is 0. The number of halogens is 3. The van der Waals surface area contributed by atoms with Crippen molar-refractivity contribution >= 4 is 17.7 Å². The summed E-state index contributed by atoms with van der Waals surface area (Å²) in [5.74, 6) is -0.703. The highest BCUT2D eigenvalue weighted by molar-refractivity contribution is 8.03. The molecule has 0 aliphatic carbocycles. The molecule has 14 heavy (non-hydrogen) atoms. The van der Waals surface area contributed by atoms with Crippen LogP contribution in [0.5, 0.6) is 0 Å². The largest absolute Gasteiger partial charge is 0.463 e. The predicted octanol–water partition coefficient (Wildman–Crippen LogP) is 2.75. The molecule has 0 saturated heterocycles. The SMILES string of the molecule is CCOC(=O)/C=C(/SCC)C(F)(F)F. The summed E-state index contributed by atoms with van der Waals surface area (Å²) in [5.41, 5.74) is 0. The van der Waals surface area contributed by atoms with Crippen molar-refractivity contribution in [1.29, 1.82) is 0 Å². The van der Waals surface area contributed by atoms with Gasteiger partial charge in [-0.15, -0.1) is 11.8 Å². The third-order valence-corrected chi connectivity index (χ3v) is 2.06. The van der Waals surface area contributed by atoms with Crippen molar-refractivity contribution in [2.45, 2.75) is 20.0 Å². The molecule has 0 unspecified atom stereocenters. The Morgan fingerprint density at radius 1 is 1.43 bits per heavy atom. The molecular weight excluding hydrogens is 217 g/mol. The molecule has 0 rings (SSSR count). The Balaban J connectivity index is 4.56. The van der Waals surface area contributed by atoms with E-state index in [4.69, 9.17) is 0 Å². The summed E-state index contributed by atoms with van der Waals surface area (Å²) in [6.07, 6.45) is -3.99. The number of hydrogen-bond acceptors (Lipinski definition) is 3. The molecular formula is C8H11F3O2S. The van der Waals surface area contributed by atoms with E-state index in [9.17, 15) is 18.0 Å². The Morgan fingerprint density at radius 3 is 2.36 bits per heavy atom. The molecule has 0 aliphatic heterocycles. The van der Waals surface area contributed by atoms with Gasteiger partial charge in [0.25, 0.3) is 0 Å². The highest BCUT2D eigenvalue weighted by Crippen LogP contribution is 2.34. The van der Waals surface area contributed by atoms with Gasteiger partial charge in [0.1, 0.15) is 0 Å². The van der Waals surface area contributed by atoms with Crippen LogP contribution in [0.1, 0.15) is 13.8 Å². The van der Waals surface area contributed by atoms with Gasteiger partial charge < -0.3 is 4.74 Å². The van der Waals surface area contributed by atoms with E-state index in [1.807, 2.05) is 0 Å². The molecule has 0 radical (unpaired) electrons. The summed E-state index contributed by atoms with van der Waals surface area (Å²) in [4.78, 5) is 9.84. The van der Waals surface area contributed by atoms with Crippen molar-refractivity contribution in [3.63, 3.8) is 0 Å². The number of alkyl halides is 3. The fourth-order valence-corrected chi connectivity index (χ4v) is 1.31. The van der Waals surface area contributed by atoms with Crippen LogP contribution in [-0.2, 0) is 9.53 Å². The number of carbonyl (C=O) groups excluding carboxylic acids is 1. The summed E-state index contributed by atoms with van der Waals surface area (Å²) < 4.78 is 41.0.